The molecule has 0 fully saturated rings. The first-order valence-electron chi connectivity index (χ1n) is 9.45. The molecule has 0 radical (unpaired) electrons. The van der Waals surface area contributed by atoms with Gasteiger partial charge in [-0.05, 0) is 28.7 Å². The molecule has 0 spiro atoms. The van der Waals surface area contributed by atoms with Gasteiger partial charge in [-0.3, -0.25) is 14.2 Å². The van der Waals surface area contributed by atoms with Gasteiger partial charge in [0.2, 0.25) is 0 Å². The van der Waals surface area contributed by atoms with E-state index in [-0.39, 0.29) is 30.0 Å². The largest absolute Gasteiger partial charge is 0.461 e. The fourth-order valence-corrected chi connectivity index (χ4v) is 3.04. The van der Waals surface area contributed by atoms with Crippen LogP contribution >= 0.6 is 0 Å². The number of ether oxygens (including phenoxy) is 1. The summed E-state index contributed by atoms with van der Waals surface area (Å²) in [7, 11) is 1.68. The second kappa shape index (κ2) is 7.97. The van der Waals surface area contributed by atoms with E-state index in [1.807, 2.05) is 24.3 Å². The van der Waals surface area contributed by atoms with Gasteiger partial charge in [-0.2, -0.15) is 0 Å². The summed E-state index contributed by atoms with van der Waals surface area (Å²) in [6.07, 6.45) is 0.539. The first kappa shape index (κ1) is 19.8. The molecule has 2 aromatic carbocycles. The van der Waals surface area contributed by atoms with Crippen LogP contribution in [0.3, 0.4) is 0 Å². The van der Waals surface area contributed by atoms with E-state index in [9.17, 15) is 9.59 Å². The Morgan fingerprint density at radius 2 is 1.75 bits per heavy atom. The van der Waals surface area contributed by atoms with E-state index in [1.165, 1.54) is 10.1 Å². The molecule has 0 amide bonds. The Kier molecular flexibility index (Phi) is 5.63. The Balaban J connectivity index is 1.60. The molecule has 3 rings (SSSR count). The normalized spacial score (nSPS) is 11.6. The smallest absolute Gasteiger partial charge is 0.306 e. The fourth-order valence-electron chi connectivity index (χ4n) is 3.04. The molecule has 0 N–H and O–H groups in total. The van der Waals surface area contributed by atoms with Gasteiger partial charge >= 0.3 is 5.97 Å². The average Bonchev–Trinajstić information content (AvgIpc) is 2.67. The van der Waals surface area contributed by atoms with Crippen LogP contribution in [0.25, 0.3) is 10.9 Å². The molecule has 0 saturated heterocycles. The van der Waals surface area contributed by atoms with Gasteiger partial charge in [0.1, 0.15) is 12.4 Å². The van der Waals surface area contributed by atoms with Crippen molar-refractivity contribution in [1.29, 1.82) is 0 Å². The Labute approximate surface area is 165 Å². The Bertz CT molecular complexity index is 1040. The molecule has 0 saturated carbocycles. The quantitative estimate of drug-likeness (QED) is 0.632. The Morgan fingerprint density at radius 3 is 2.43 bits per heavy atom. The molecular formula is C23H26N2O3. The van der Waals surface area contributed by atoms with E-state index < -0.39 is 0 Å². The van der Waals surface area contributed by atoms with Crippen molar-refractivity contribution in [3.63, 3.8) is 0 Å². The standard InChI is InChI=1S/C23H26N2O3/c1-23(2,3)17-11-9-16(10-12-17)15-28-21(26)14-13-20-24-19-8-6-5-7-18(19)22(27)25(20)4/h5-12H,13-15H2,1-4H3. The van der Waals surface area contributed by atoms with Crippen LogP contribution < -0.4 is 5.56 Å². The summed E-state index contributed by atoms with van der Waals surface area (Å²) < 4.78 is 6.88. The highest BCUT2D eigenvalue weighted by molar-refractivity contribution is 5.77. The molecule has 0 unspecified atom stereocenters. The van der Waals surface area contributed by atoms with E-state index >= 15 is 0 Å². The van der Waals surface area contributed by atoms with Gasteiger partial charge in [-0.15, -0.1) is 0 Å². The molecule has 146 valence electrons. The van der Waals surface area contributed by atoms with Crippen LogP contribution in [0.2, 0.25) is 0 Å². The topological polar surface area (TPSA) is 61.2 Å². The third kappa shape index (κ3) is 4.47. The molecule has 0 aliphatic rings. The zero-order valence-corrected chi connectivity index (χ0v) is 16.9. The number of esters is 1. The van der Waals surface area contributed by atoms with Crippen LogP contribution in [0.15, 0.2) is 53.3 Å². The number of aryl methyl sites for hydroxylation is 1. The average molecular weight is 378 g/mol. The van der Waals surface area contributed by atoms with Crippen LogP contribution in [0.5, 0.6) is 0 Å². The summed E-state index contributed by atoms with van der Waals surface area (Å²) in [5.41, 5.74) is 2.84. The summed E-state index contributed by atoms with van der Waals surface area (Å²) in [5, 5.41) is 0.579. The molecule has 0 bridgehead atoms. The number of nitrogens with zero attached hydrogens (tertiary/aromatic N) is 2. The summed E-state index contributed by atoms with van der Waals surface area (Å²) in [4.78, 5) is 29.1. The van der Waals surface area contributed by atoms with Crippen LogP contribution in [-0.2, 0) is 35.0 Å². The SMILES string of the molecule is Cn1c(CCC(=O)OCc2ccc(C(C)(C)C)cc2)nc2ccccc2c1=O. The summed E-state index contributed by atoms with van der Waals surface area (Å²) >= 11 is 0. The van der Waals surface area contributed by atoms with E-state index in [1.54, 1.807) is 19.2 Å². The lowest BCUT2D eigenvalue weighted by Crippen LogP contribution is -2.23. The third-order valence-electron chi connectivity index (χ3n) is 4.85. The predicted molar refractivity (Wildman–Crippen MR) is 110 cm³/mol. The van der Waals surface area contributed by atoms with Crippen molar-refractivity contribution in [1.82, 2.24) is 9.55 Å². The van der Waals surface area contributed by atoms with Crippen molar-refractivity contribution in [2.24, 2.45) is 7.05 Å². The lowest BCUT2D eigenvalue weighted by molar-refractivity contribution is -0.144. The number of para-hydroxylation sites is 1. The summed E-state index contributed by atoms with van der Waals surface area (Å²) in [6, 6.07) is 15.3. The van der Waals surface area contributed by atoms with Gasteiger partial charge in [0.05, 0.1) is 17.3 Å². The van der Waals surface area contributed by atoms with E-state index in [2.05, 4.69) is 37.9 Å². The number of hydrogen-bond acceptors (Lipinski definition) is 4. The van der Waals surface area contributed by atoms with Crippen molar-refractivity contribution < 1.29 is 9.53 Å². The molecule has 0 atom stereocenters. The number of fused-ring (bicyclic) bond motifs is 1. The highest BCUT2D eigenvalue weighted by Gasteiger charge is 2.14. The minimum Gasteiger partial charge on any atom is -0.461 e. The summed E-state index contributed by atoms with van der Waals surface area (Å²) in [5.74, 6) is 0.275. The van der Waals surface area contributed by atoms with Gasteiger partial charge in [0, 0.05) is 13.5 Å². The van der Waals surface area contributed by atoms with Crippen LogP contribution in [0.1, 0.15) is 44.1 Å². The van der Waals surface area contributed by atoms with Gasteiger partial charge in [0.25, 0.3) is 5.56 Å². The molecule has 0 aliphatic heterocycles. The van der Waals surface area contributed by atoms with Crippen LogP contribution in [0, 0.1) is 0 Å². The molecule has 28 heavy (non-hydrogen) atoms. The first-order valence-corrected chi connectivity index (χ1v) is 9.45. The minimum atomic E-state index is -0.303. The number of rotatable bonds is 5. The molecule has 0 aliphatic carbocycles. The highest BCUT2D eigenvalue weighted by Crippen LogP contribution is 2.22. The third-order valence-corrected chi connectivity index (χ3v) is 4.85. The molecule has 1 aromatic heterocycles. The van der Waals surface area contributed by atoms with Crippen molar-refractivity contribution >= 4 is 16.9 Å². The number of benzene rings is 2. The van der Waals surface area contributed by atoms with Crippen LogP contribution in [0.4, 0.5) is 0 Å². The zero-order valence-electron chi connectivity index (χ0n) is 16.9. The maximum atomic E-state index is 12.4. The molecule has 1 heterocycles. The zero-order chi connectivity index (χ0) is 20.3. The number of aromatic nitrogens is 2. The number of carbonyl (C=O) groups is 1. The summed E-state index contributed by atoms with van der Waals surface area (Å²) in [6.45, 7) is 6.73. The van der Waals surface area contributed by atoms with E-state index in [4.69, 9.17) is 4.74 Å². The molecule has 3 aromatic rings. The van der Waals surface area contributed by atoms with Crippen molar-refractivity contribution in [2.75, 3.05) is 0 Å². The fraction of sp³-hybridized carbons (Fsp3) is 0.348. The van der Waals surface area contributed by atoms with Gasteiger partial charge in [0.15, 0.2) is 0 Å². The molecular weight excluding hydrogens is 352 g/mol. The minimum absolute atomic E-state index is 0.0952. The van der Waals surface area contributed by atoms with E-state index in [0.717, 1.165) is 5.56 Å². The monoisotopic (exact) mass is 378 g/mol. The maximum Gasteiger partial charge on any atom is 0.306 e. The van der Waals surface area contributed by atoms with Gasteiger partial charge in [-0.1, -0.05) is 57.2 Å². The molecule has 5 heteroatoms. The number of carbonyl (C=O) groups excluding carboxylic acids is 1. The van der Waals surface area contributed by atoms with Crippen molar-refractivity contribution in [3.05, 3.63) is 75.8 Å². The molecule has 5 nitrogen and oxygen atoms in total. The Hall–Kier alpha value is -2.95. The van der Waals surface area contributed by atoms with Gasteiger partial charge < -0.3 is 4.74 Å². The lowest BCUT2D eigenvalue weighted by atomic mass is 9.87. The van der Waals surface area contributed by atoms with Crippen molar-refractivity contribution in [3.8, 4) is 0 Å². The Morgan fingerprint density at radius 1 is 1.07 bits per heavy atom. The first-order chi connectivity index (χ1) is 13.3. The second-order valence-electron chi connectivity index (χ2n) is 8.02. The maximum absolute atomic E-state index is 12.4. The van der Waals surface area contributed by atoms with Crippen molar-refractivity contribution in [2.45, 2.75) is 45.6 Å². The number of hydrogen-bond donors (Lipinski definition) is 0. The predicted octanol–water partition coefficient (Wildman–Crippen LogP) is 3.91. The lowest BCUT2D eigenvalue weighted by Gasteiger charge is -2.19. The van der Waals surface area contributed by atoms with E-state index in [0.29, 0.717) is 23.1 Å². The van der Waals surface area contributed by atoms with Gasteiger partial charge in [-0.25, -0.2) is 4.98 Å². The second-order valence-corrected chi connectivity index (χ2v) is 8.02. The van der Waals surface area contributed by atoms with Crippen LogP contribution in [-0.4, -0.2) is 15.5 Å². The highest BCUT2D eigenvalue weighted by atomic mass is 16.5.